The van der Waals surface area contributed by atoms with Crippen molar-refractivity contribution in [3.05, 3.63) is 29.8 Å². The third-order valence-electron chi connectivity index (χ3n) is 4.46. The van der Waals surface area contributed by atoms with E-state index in [1.807, 2.05) is 6.07 Å². The molecule has 2 heteroatoms. The Morgan fingerprint density at radius 3 is 2.82 bits per heavy atom. The maximum Gasteiger partial charge on any atom is 0.123 e. The van der Waals surface area contributed by atoms with Crippen molar-refractivity contribution in [2.24, 2.45) is 11.8 Å². The predicted octanol–water partition coefficient (Wildman–Crippen LogP) is 2.79. The van der Waals surface area contributed by atoms with Crippen LogP contribution in [0.2, 0.25) is 0 Å². The molecule has 1 aliphatic carbocycles. The third kappa shape index (κ3) is 2.06. The average molecular weight is 232 g/mol. The number of benzene rings is 1. The number of hydrogen-bond donors (Lipinski definition) is 1. The standard InChI is InChI=1S/C15H20O2/c1-10-11(6-7-14(10)16)8-13-9-12-4-2-3-5-15(12)17-13/h2-5,10-11,13-14,16H,6-9H2,1H3. The SMILES string of the molecule is CC1C(O)CCC1CC1Cc2ccccc2O1. The van der Waals surface area contributed by atoms with Crippen molar-refractivity contribution in [1.29, 1.82) is 0 Å². The Labute approximate surface area is 103 Å². The smallest absolute Gasteiger partial charge is 0.123 e. The summed E-state index contributed by atoms with van der Waals surface area (Å²) in [5.74, 6) is 2.12. The van der Waals surface area contributed by atoms with Gasteiger partial charge >= 0.3 is 0 Å². The van der Waals surface area contributed by atoms with E-state index in [2.05, 4.69) is 25.1 Å². The Bertz CT molecular complexity index is 377. The van der Waals surface area contributed by atoms with Crippen LogP contribution < -0.4 is 4.74 Å². The van der Waals surface area contributed by atoms with E-state index in [1.165, 1.54) is 5.56 Å². The number of fused-ring (bicyclic) bond motifs is 1. The molecule has 1 heterocycles. The Morgan fingerprint density at radius 1 is 1.29 bits per heavy atom. The zero-order valence-corrected chi connectivity index (χ0v) is 10.3. The van der Waals surface area contributed by atoms with Crippen LogP contribution in [0.15, 0.2) is 24.3 Å². The molecule has 17 heavy (non-hydrogen) atoms. The number of rotatable bonds is 2. The van der Waals surface area contributed by atoms with E-state index < -0.39 is 0 Å². The van der Waals surface area contributed by atoms with Crippen LogP contribution in [-0.2, 0) is 6.42 Å². The Kier molecular flexibility index (Phi) is 2.83. The molecule has 1 aliphatic heterocycles. The lowest BCUT2D eigenvalue weighted by molar-refractivity contribution is 0.112. The Hall–Kier alpha value is -1.02. The van der Waals surface area contributed by atoms with Crippen molar-refractivity contribution in [3.63, 3.8) is 0 Å². The van der Waals surface area contributed by atoms with Gasteiger partial charge in [0.25, 0.3) is 0 Å². The minimum atomic E-state index is -0.0937. The second-order valence-corrected chi connectivity index (χ2v) is 5.55. The fourth-order valence-corrected chi connectivity index (χ4v) is 3.28. The summed E-state index contributed by atoms with van der Waals surface area (Å²) in [6.45, 7) is 2.17. The lowest BCUT2D eigenvalue weighted by Crippen LogP contribution is -2.22. The summed E-state index contributed by atoms with van der Waals surface area (Å²) in [7, 11) is 0. The molecule has 1 aromatic rings. The maximum absolute atomic E-state index is 9.77. The van der Waals surface area contributed by atoms with Crippen LogP contribution in [0, 0.1) is 11.8 Å². The summed E-state index contributed by atoms with van der Waals surface area (Å²) in [6.07, 6.45) is 4.47. The van der Waals surface area contributed by atoms with Crippen LogP contribution in [-0.4, -0.2) is 17.3 Å². The van der Waals surface area contributed by atoms with Crippen molar-refractivity contribution < 1.29 is 9.84 Å². The van der Waals surface area contributed by atoms with Gasteiger partial charge in [0.15, 0.2) is 0 Å². The van der Waals surface area contributed by atoms with Crippen LogP contribution in [0.4, 0.5) is 0 Å². The molecule has 1 saturated carbocycles. The number of aliphatic hydroxyl groups excluding tert-OH is 1. The van der Waals surface area contributed by atoms with Gasteiger partial charge in [0, 0.05) is 6.42 Å². The van der Waals surface area contributed by atoms with Crippen molar-refractivity contribution >= 4 is 0 Å². The number of aliphatic hydroxyl groups is 1. The summed E-state index contributed by atoms with van der Waals surface area (Å²) in [5, 5.41) is 9.77. The van der Waals surface area contributed by atoms with Crippen molar-refractivity contribution in [3.8, 4) is 5.75 Å². The molecule has 0 amide bonds. The monoisotopic (exact) mass is 232 g/mol. The van der Waals surface area contributed by atoms with Crippen LogP contribution in [0.25, 0.3) is 0 Å². The zero-order valence-electron chi connectivity index (χ0n) is 10.3. The Balaban J connectivity index is 1.62. The van der Waals surface area contributed by atoms with Crippen LogP contribution >= 0.6 is 0 Å². The highest BCUT2D eigenvalue weighted by molar-refractivity contribution is 5.37. The minimum Gasteiger partial charge on any atom is -0.490 e. The topological polar surface area (TPSA) is 29.5 Å². The molecule has 1 fully saturated rings. The molecule has 0 radical (unpaired) electrons. The highest BCUT2D eigenvalue weighted by Gasteiger charge is 2.35. The summed E-state index contributed by atoms with van der Waals surface area (Å²) >= 11 is 0. The van der Waals surface area contributed by atoms with Crippen molar-refractivity contribution in [1.82, 2.24) is 0 Å². The Morgan fingerprint density at radius 2 is 2.12 bits per heavy atom. The zero-order chi connectivity index (χ0) is 11.8. The van der Waals surface area contributed by atoms with E-state index in [1.54, 1.807) is 0 Å². The molecular formula is C15H20O2. The largest absolute Gasteiger partial charge is 0.490 e. The second kappa shape index (κ2) is 4.34. The van der Waals surface area contributed by atoms with Gasteiger partial charge in [-0.15, -0.1) is 0 Å². The fraction of sp³-hybridized carbons (Fsp3) is 0.600. The quantitative estimate of drug-likeness (QED) is 0.849. The number of hydrogen-bond acceptors (Lipinski definition) is 2. The molecule has 2 nitrogen and oxygen atoms in total. The van der Waals surface area contributed by atoms with Gasteiger partial charge in [0.1, 0.15) is 11.9 Å². The predicted molar refractivity (Wildman–Crippen MR) is 67.1 cm³/mol. The summed E-state index contributed by atoms with van der Waals surface area (Å²) < 4.78 is 5.97. The van der Waals surface area contributed by atoms with Crippen LogP contribution in [0.5, 0.6) is 5.75 Å². The molecule has 2 aliphatic rings. The lowest BCUT2D eigenvalue weighted by Gasteiger charge is -2.20. The highest BCUT2D eigenvalue weighted by atomic mass is 16.5. The lowest BCUT2D eigenvalue weighted by atomic mass is 9.90. The first kappa shape index (κ1) is 11.1. The van der Waals surface area contributed by atoms with Crippen LogP contribution in [0.1, 0.15) is 31.7 Å². The molecule has 0 spiro atoms. The van der Waals surface area contributed by atoms with E-state index in [4.69, 9.17) is 4.74 Å². The molecule has 0 saturated heterocycles. The molecular weight excluding hydrogens is 212 g/mol. The van der Waals surface area contributed by atoms with Crippen LogP contribution in [0.3, 0.4) is 0 Å². The first-order chi connectivity index (χ1) is 8.24. The number of ether oxygens (including phenoxy) is 1. The molecule has 4 atom stereocenters. The van der Waals surface area contributed by atoms with Gasteiger partial charge in [-0.05, 0) is 42.7 Å². The molecule has 4 unspecified atom stereocenters. The highest BCUT2D eigenvalue weighted by Crippen LogP contribution is 2.38. The molecule has 0 bridgehead atoms. The van der Waals surface area contributed by atoms with E-state index in [9.17, 15) is 5.11 Å². The second-order valence-electron chi connectivity index (χ2n) is 5.55. The minimum absolute atomic E-state index is 0.0937. The van der Waals surface area contributed by atoms with Gasteiger partial charge in [-0.25, -0.2) is 0 Å². The van der Waals surface area contributed by atoms with E-state index in [-0.39, 0.29) is 6.10 Å². The van der Waals surface area contributed by atoms with Gasteiger partial charge in [-0.2, -0.15) is 0 Å². The fourth-order valence-electron chi connectivity index (χ4n) is 3.28. The number of para-hydroxylation sites is 1. The molecule has 3 rings (SSSR count). The molecule has 1 N–H and O–H groups in total. The van der Waals surface area contributed by atoms with E-state index in [0.717, 1.165) is 31.4 Å². The summed E-state index contributed by atoms with van der Waals surface area (Å²) in [6, 6.07) is 8.32. The summed E-state index contributed by atoms with van der Waals surface area (Å²) in [4.78, 5) is 0. The van der Waals surface area contributed by atoms with Gasteiger partial charge in [0.2, 0.25) is 0 Å². The van der Waals surface area contributed by atoms with Gasteiger partial charge in [0.05, 0.1) is 6.10 Å². The van der Waals surface area contributed by atoms with Gasteiger partial charge < -0.3 is 9.84 Å². The van der Waals surface area contributed by atoms with Gasteiger partial charge in [-0.3, -0.25) is 0 Å². The van der Waals surface area contributed by atoms with Crippen molar-refractivity contribution in [2.45, 2.75) is 44.8 Å². The summed E-state index contributed by atoms with van der Waals surface area (Å²) in [5.41, 5.74) is 1.34. The van der Waals surface area contributed by atoms with E-state index in [0.29, 0.717) is 17.9 Å². The first-order valence-corrected chi connectivity index (χ1v) is 6.66. The van der Waals surface area contributed by atoms with Gasteiger partial charge in [-0.1, -0.05) is 25.1 Å². The molecule has 92 valence electrons. The maximum atomic E-state index is 9.77. The average Bonchev–Trinajstić information content (AvgIpc) is 2.87. The first-order valence-electron chi connectivity index (χ1n) is 6.66. The molecule has 0 aromatic heterocycles. The normalized spacial score (nSPS) is 35.6. The van der Waals surface area contributed by atoms with E-state index >= 15 is 0 Å². The third-order valence-corrected chi connectivity index (χ3v) is 4.46. The molecule has 1 aromatic carbocycles. The van der Waals surface area contributed by atoms with Crippen molar-refractivity contribution in [2.75, 3.05) is 0 Å².